The molecule has 2 saturated heterocycles. The average Bonchev–Trinajstić information content (AvgIpc) is 3.19. The van der Waals surface area contributed by atoms with Crippen LogP contribution >= 0.6 is 24.0 Å². The molecule has 1 N–H and O–H groups in total. The summed E-state index contributed by atoms with van der Waals surface area (Å²) in [6.45, 7) is 5.91. The number of nitrogens with zero attached hydrogens (tertiary/aromatic N) is 2. The molecule has 1 amide bonds. The number of nitrogens with one attached hydrogen (secondary N) is 1. The minimum Gasteiger partial charge on any atom is -0.483 e. The third kappa shape index (κ3) is 4.49. The largest absolute Gasteiger partial charge is 0.483 e. The molecule has 0 spiro atoms. The number of hydrogen-bond donors (Lipinski definition) is 1. The monoisotopic (exact) mass is 409 g/mol. The summed E-state index contributed by atoms with van der Waals surface area (Å²) in [6, 6.07) is 12.0. The lowest BCUT2D eigenvalue weighted by molar-refractivity contribution is -0.132. The smallest absolute Gasteiger partial charge is 0.260 e. The van der Waals surface area contributed by atoms with Gasteiger partial charge in [-0.1, -0.05) is 35.9 Å². The molecule has 2 aromatic carbocycles. The molecule has 1 atom stereocenters. The highest BCUT2D eigenvalue weighted by Crippen LogP contribution is 2.31. The lowest BCUT2D eigenvalue weighted by atomic mass is 10.1. The van der Waals surface area contributed by atoms with Crippen molar-refractivity contribution in [2.24, 2.45) is 0 Å². The second-order valence-corrected chi connectivity index (χ2v) is 7.36. The quantitative estimate of drug-likeness (QED) is 0.842. The average molecular weight is 410 g/mol. The lowest BCUT2D eigenvalue weighted by Crippen LogP contribution is -2.49. The Labute approximate surface area is 171 Å². The van der Waals surface area contributed by atoms with Crippen LogP contribution in [-0.2, 0) is 4.79 Å². The SMILES string of the molecule is Cl.O=C(COc1ccc(Cl)c2ccccc12)N1CCC(N2CCNCC2)C1. The van der Waals surface area contributed by atoms with Crippen LogP contribution < -0.4 is 10.1 Å². The summed E-state index contributed by atoms with van der Waals surface area (Å²) < 4.78 is 5.86. The van der Waals surface area contributed by atoms with Gasteiger partial charge in [-0.2, -0.15) is 0 Å². The van der Waals surface area contributed by atoms with Crippen molar-refractivity contribution in [1.29, 1.82) is 0 Å². The molecule has 2 fully saturated rings. The maximum absolute atomic E-state index is 12.6. The number of carbonyl (C=O) groups is 1. The van der Waals surface area contributed by atoms with Crippen LogP contribution in [0, 0.1) is 0 Å². The van der Waals surface area contributed by atoms with Crippen LogP contribution in [0.25, 0.3) is 10.8 Å². The van der Waals surface area contributed by atoms with Gasteiger partial charge in [-0.05, 0) is 18.6 Å². The summed E-state index contributed by atoms with van der Waals surface area (Å²) in [7, 11) is 0. The Kier molecular flexibility index (Phi) is 6.82. The molecule has 2 aromatic rings. The van der Waals surface area contributed by atoms with E-state index >= 15 is 0 Å². The van der Waals surface area contributed by atoms with Gasteiger partial charge in [-0.3, -0.25) is 9.69 Å². The van der Waals surface area contributed by atoms with Crippen molar-refractivity contribution in [1.82, 2.24) is 15.1 Å². The van der Waals surface area contributed by atoms with Gasteiger partial charge in [-0.25, -0.2) is 0 Å². The molecule has 0 saturated carbocycles. The molecular weight excluding hydrogens is 385 g/mol. The number of carbonyl (C=O) groups excluding carboxylic acids is 1. The van der Waals surface area contributed by atoms with E-state index in [1.807, 2.05) is 41.3 Å². The second-order valence-electron chi connectivity index (χ2n) is 6.95. The fourth-order valence-electron chi connectivity index (χ4n) is 3.90. The van der Waals surface area contributed by atoms with Crippen molar-refractivity contribution in [3.8, 4) is 5.75 Å². The predicted octanol–water partition coefficient (Wildman–Crippen LogP) is 2.80. The fourth-order valence-corrected chi connectivity index (χ4v) is 4.13. The molecule has 5 nitrogen and oxygen atoms in total. The Morgan fingerprint density at radius 3 is 2.63 bits per heavy atom. The zero-order chi connectivity index (χ0) is 17.9. The van der Waals surface area contributed by atoms with Crippen molar-refractivity contribution < 1.29 is 9.53 Å². The normalized spacial score (nSPS) is 20.5. The number of halogens is 2. The van der Waals surface area contributed by atoms with Gasteiger partial charge in [0.15, 0.2) is 6.61 Å². The van der Waals surface area contributed by atoms with Gasteiger partial charge < -0.3 is 15.0 Å². The zero-order valence-electron chi connectivity index (χ0n) is 15.2. The zero-order valence-corrected chi connectivity index (χ0v) is 16.8. The maximum Gasteiger partial charge on any atom is 0.260 e. The van der Waals surface area contributed by atoms with E-state index in [-0.39, 0.29) is 24.9 Å². The Balaban J connectivity index is 0.00000210. The van der Waals surface area contributed by atoms with E-state index in [1.54, 1.807) is 0 Å². The number of hydrogen-bond acceptors (Lipinski definition) is 4. The minimum atomic E-state index is 0. The Morgan fingerprint density at radius 1 is 1.11 bits per heavy atom. The van der Waals surface area contributed by atoms with Crippen LogP contribution in [0.4, 0.5) is 0 Å². The Morgan fingerprint density at radius 2 is 1.85 bits per heavy atom. The van der Waals surface area contributed by atoms with Gasteiger partial charge in [0.05, 0.1) is 0 Å². The van der Waals surface area contributed by atoms with Crippen LogP contribution in [0.1, 0.15) is 6.42 Å². The van der Waals surface area contributed by atoms with Gasteiger partial charge in [0.2, 0.25) is 0 Å². The first-order chi connectivity index (χ1) is 12.7. The van der Waals surface area contributed by atoms with Crippen LogP contribution in [0.5, 0.6) is 5.75 Å². The van der Waals surface area contributed by atoms with Gasteiger partial charge >= 0.3 is 0 Å². The molecule has 4 rings (SSSR count). The highest BCUT2D eigenvalue weighted by molar-refractivity contribution is 6.35. The van der Waals surface area contributed by atoms with Crippen molar-refractivity contribution in [2.45, 2.75) is 12.5 Å². The molecule has 7 heteroatoms. The maximum atomic E-state index is 12.6. The summed E-state index contributed by atoms with van der Waals surface area (Å²) in [5, 5.41) is 5.95. The molecule has 27 heavy (non-hydrogen) atoms. The number of rotatable bonds is 4. The predicted molar refractivity (Wildman–Crippen MR) is 111 cm³/mol. The third-order valence-electron chi connectivity index (χ3n) is 5.37. The van der Waals surface area contributed by atoms with Crippen LogP contribution in [0.15, 0.2) is 36.4 Å². The van der Waals surface area contributed by atoms with Gasteiger partial charge in [0.25, 0.3) is 5.91 Å². The van der Waals surface area contributed by atoms with Gasteiger partial charge in [-0.15, -0.1) is 12.4 Å². The number of benzene rings is 2. The first-order valence-corrected chi connectivity index (χ1v) is 9.63. The van der Waals surface area contributed by atoms with Crippen molar-refractivity contribution in [3.05, 3.63) is 41.4 Å². The standard InChI is InChI=1S/C20H24ClN3O2.ClH/c21-18-5-6-19(17-4-2-1-3-16(17)18)26-14-20(25)24-10-7-15(13-24)23-11-8-22-9-12-23;/h1-6,15,22H,7-14H2;1H. The van der Waals surface area contributed by atoms with E-state index in [2.05, 4.69) is 10.2 Å². The van der Waals surface area contributed by atoms with E-state index in [9.17, 15) is 4.79 Å². The van der Waals surface area contributed by atoms with Gasteiger partial charge in [0, 0.05) is 61.1 Å². The van der Waals surface area contributed by atoms with E-state index in [0.29, 0.717) is 16.8 Å². The molecule has 2 aliphatic heterocycles. The molecule has 0 aromatic heterocycles. The van der Waals surface area contributed by atoms with Crippen molar-refractivity contribution >= 4 is 40.7 Å². The second kappa shape index (κ2) is 9.11. The molecular formula is C20H25Cl2N3O2. The number of ether oxygens (including phenoxy) is 1. The fraction of sp³-hybridized carbons (Fsp3) is 0.450. The molecule has 0 aliphatic carbocycles. The number of piperazine rings is 1. The van der Waals surface area contributed by atoms with Crippen LogP contribution in [-0.4, -0.2) is 67.6 Å². The van der Waals surface area contributed by atoms with Crippen LogP contribution in [0.2, 0.25) is 5.02 Å². The third-order valence-corrected chi connectivity index (χ3v) is 5.70. The van der Waals surface area contributed by atoms with E-state index in [0.717, 1.165) is 56.5 Å². The number of amides is 1. The van der Waals surface area contributed by atoms with E-state index in [1.165, 1.54) is 0 Å². The summed E-state index contributed by atoms with van der Waals surface area (Å²) >= 11 is 6.25. The summed E-state index contributed by atoms with van der Waals surface area (Å²) in [6.07, 6.45) is 1.05. The Hall–Kier alpha value is -1.53. The summed E-state index contributed by atoms with van der Waals surface area (Å²) in [4.78, 5) is 17.0. The first kappa shape index (κ1) is 20.2. The lowest BCUT2D eigenvalue weighted by Gasteiger charge is -2.32. The number of likely N-dealkylation sites (tertiary alicyclic amines) is 1. The highest BCUT2D eigenvalue weighted by atomic mass is 35.5. The molecule has 2 heterocycles. The molecule has 1 unspecified atom stereocenters. The summed E-state index contributed by atoms with van der Waals surface area (Å²) in [5.41, 5.74) is 0. The topological polar surface area (TPSA) is 44.8 Å². The summed E-state index contributed by atoms with van der Waals surface area (Å²) in [5.74, 6) is 0.762. The molecule has 146 valence electrons. The van der Waals surface area contributed by atoms with Crippen molar-refractivity contribution in [2.75, 3.05) is 45.9 Å². The van der Waals surface area contributed by atoms with Crippen LogP contribution in [0.3, 0.4) is 0 Å². The molecule has 0 bridgehead atoms. The molecule has 2 aliphatic rings. The van der Waals surface area contributed by atoms with Gasteiger partial charge in [0.1, 0.15) is 5.75 Å². The molecule has 0 radical (unpaired) electrons. The van der Waals surface area contributed by atoms with E-state index in [4.69, 9.17) is 16.3 Å². The minimum absolute atomic E-state index is 0. The first-order valence-electron chi connectivity index (χ1n) is 9.25. The number of fused-ring (bicyclic) bond motifs is 1. The Bertz CT molecular complexity index is 796. The van der Waals surface area contributed by atoms with Crippen molar-refractivity contribution in [3.63, 3.8) is 0 Å². The highest BCUT2D eigenvalue weighted by Gasteiger charge is 2.31. The van der Waals surface area contributed by atoms with E-state index < -0.39 is 0 Å².